The van der Waals surface area contributed by atoms with Crippen LogP contribution < -0.4 is 5.32 Å². The monoisotopic (exact) mass is 357 g/mol. The maximum atomic E-state index is 12.4. The highest BCUT2D eigenvalue weighted by Gasteiger charge is 2.21. The van der Waals surface area contributed by atoms with E-state index in [0.29, 0.717) is 18.5 Å². The highest BCUT2D eigenvalue weighted by molar-refractivity contribution is 5.95. The number of carbonyl (C=O) groups is 2. The Morgan fingerprint density at radius 2 is 2.12 bits per heavy atom. The van der Waals surface area contributed by atoms with E-state index in [0.717, 1.165) is 37.3 Å². The van der Waals surface area contributed by atoms with E-state index in [-0.39, 0.29) is 17.5 Å². The number of hydrogen-bond acceptors (Lipinski definition) is 4. The molecule has 7 heteroatoms. The Hall–Kier alpha value is -2.67. The number of ether oxygens (including phenoxy) is 1. The predicted molar refractivity (Wildman–Crippen MR) is 95.5 cm³/mol. The molecule has 0 saturated carbocycles. The molecule has 2 N–H and O–H groups in total. The standard InChI is InChI=1S/C19H23N3O4/c1-13-17(12-21-22(13)16-6-9-26-10-7-16)18(23)20-8-5-14-3-2-4-15(11-14)19(24)25/h2-4,11-12,16H,5-10H2,1H3,(H,20,23)(H,24,25). The Balaban J connectivity index is 1.58. The predicted octanol–water partition coefficient (Wildman–Crippen LogP) is 2.21. The van der Waals surface area contributed by atoms with Crippen LogP contribution in [0.25, 0.3) is 0 Å². The summed E-state index contributed by atoms with van der Waals surface area (Å²) in [5.41, 5.74) is 2.57. The molecule has 1 saturated heterocycles. The summed E-state index contributed by atoms with van der Waals surface area (Å²) >= 11 is 0. The number of nitrogens with one attached hydrogen (secondary N) is 1. The summed E-state index contributed by atoms with van der Waals surface area (Å²) in [6, 6.07) is 7.03. The second-order valence-corrected chi connectivity index (χ2v) is 6.44. The Morgan fingerprint density at radius 1 is 1.35 bits per heavy atom. The molecule has 0 spiro atoms. The van der Waals surface area contributed by atoms with Gasteiger partial charge in [-0.15, -0.1) is 0 Å². The van der Waals surface area contributed by atoms with Crippen molar-refractivity contribution in [2.24, 2.45) is 0 Å². The minimum Gasteiger partial charge on any atom is -0.478 e. The van der Waals surface area contributed by atoms with E-state index in [1.807, 2.05) is 17.7 Å². The molecule has 0 atom stereocenters. The van der Waals surface area contributed by atoms with Gasteiger partial charge in [-0.3, -0.25) is 9.48 Å². The van der Waals surface area contributed by atoms with Crippen LogP contribution in [0, 0.1) is 6.92 Å². The molecule has 2 aromatic rings. The first-order valence-electron chi connectivity index (χ1n) is 8.78. The zero-order valence-corrected chi connectivity index (χ0v) is 14.8. The Morgan fingerprint density at radius 3 is 2.85 bits per heavy atom. The lowest BCUT2D eigenvalue weighted by Gasteiger charge is -2.23. The summed E-state index contributed by atoms with van der Waals surface area (Å²) in [6.07, 6.45) is 4.00. The van der Waals surface area contributed by atoms with Crippen LogP contribution in [-0.4, -0.2) is 46.5 Å². The number of aromatic nitrogens is 2. The van der Waals surface area contributed by atoms with Crippen molar-refractivity contribution in [3.8, 4) is 0 Å². The molecular formula is C19H23N3O4. The van der Waals surface area contributed by atoms with E-state index in [1.165, 1.54) is 0 Å². The average molecular weight is 357 g/mol. The molecule has 1 aromatic heterocycles. The lowest BCUT2D eigenvalue weighted by Crippen LogP contribution is -2.27. The van der Waals surface area contributed by atoms with Crippen molar-refractivity contribution >= 4 is 11.9 Å². The first-order valence-corrected chi connectivity index (χ1v) is 8.78. The number of benzene rings is 1. The number of carbonyl (C=O) groups excluding carboxylic acids is 1. The molecule has 0 unspecified atom stereocenters. The Kier molecular flexibility index (Phi) is 5.68. The van der Waals surface area contributed by atoms with Crippen molar-refractivity contribution in [1.29, 1.82) is 0 Å². The van der Waals surface area contributed by atoms with Crippen molar-refractivity contribution in [2.75, 3.05) is 19.8 Å². The van der Waals surface area contributed by atoms with E-state index >= 15 is 0 Å². The van der Waals surface area contributed by atoms with E-state index in [1.54, 1.807) is 24.4 Å². The van der Waals surface area contributed by atoms with Crippen LogP contribution in [0.5, 0.6) is 0 Å². The highest BCUT2D eigenvalue weighted by Crippen LogP contribution is 2.23. The molecular weight excluding hydrogens is 334 g/mol. The van der Waals surface area contributed by atoms with Gasteiger partial charge in [0.05, 0.1) is 23.4 Å². The Labute approximate surface area is 152 Å². The summed E-state index contributed by atoms with van der Waals surface area (Å²) in [6.45, 7) is 3.79. The second-order valence-electron chi connectivity index (χ2n) is 6.44. The smallest absolute Gasteiger partial charge is 0.335 e. The molecule has 7 nitrogen and oxygen atoms in total. The molecule has 26 heavy (non-hydrogen) atoms. The van der Waals surface area contributed by atoms with Crippen LogP contribution in [0.1, 0.15) is 50.9 Å². The van der Waals surface area contributed by atoms with Crippen molar-refractivity contribution < 1.29 is 19.4 Å². The van der Waals surface area contributed by atoms with Crippen LogP contribution in [0.3, 0.4) is 0 Å². The maximum absolute atomic E-state index is 12.4. The molecule has 2 heterocycles. The fourth-order valence-electron chi connectivity index (χ4n) is 3.22. The number of nitrogens with zero attached hydrogens (tertiary/aromatic N) is 2. The fraction of sp³-hybridized carbons (Fsp3) is 0.421. The van der Waals surface area contributed by atoms with Gasteiger partial charge >= 0.3 is 5.97 Å². The molecule has 1 fully saturated rings. The number of amides is 1. The van der Waals surface area contributed by atoms with Gasteiger partial charge in [0.15, 0.2) is 0 Å². The summed E-state index contributed by atoms with van der Waals surface area (Å²) in [7, 11) is 0. The summed E-state index contributed by atoms with van der Waals surface area (Å²) in [4.78, 5) is 23.4. The molecule has 1 aliphatic rings. The van der Waals surface area contributed by atoms with Crippen LogP contribution in [-0.2, 0) is 11.2 Å². The SMILES string of the molecule is Cc1c(C(=O)NCCc2cccc(C(=O)O)c2)cnn1C1CCOCC1. The van der Waals surface area contributed by atoms with Gasteiger partial charge in [0.1, 0.15) is 0 Å². The van der Waals surface area contributed by atoms with Crippen LogP contribution in [0.15, 0.2) is 30.5 Å². The summed E-state index contributed by atoms with van der Waals surface area (Å²) < 4.78 is 7.30. The molecule has 1 aromatic carbocycles. The van der Waals surface area contributed by atoms with Crippen LogP contribution >= 0.6 is 0 Å². The zero-order chi connectivity index (χ0) is 18.5. The second kappa shape index (κ2) is 8.14. The van der Waals surface area contributed by atoms with E-state index in [2.05, 4.69) is 10.4 Å². The van der Waals surface area contributed by atoms with Crippen molar-refractivity contribution in [1.82, 2.24) is 15.1 Å². The number of hydrogen-bond donors (Lipinski definition) is 2. The third-order valence-electron chi connectivity index (χ3n) is 4.70. The number of carboxylic acid groups (broad SMARTS) is 1. The third kappa shape index (κ3) is 4.11. The van der Waals surface area contributed by atoms with Gasteiger partial charge in [-0.05, 0) is 43.9 Å². The average Bonchev–Trinajstić information content (AvgIpc) is 3.04. The zero-order valence-electron chi connectivity index (χ0n) is 14.8. The lowest BCUT2D eigenvalue weighted by atomic mass is 10.1. The van der Waals surface area contributed by atoms with E-state index in [4.69, 9.17) is 9.84 Å². The van der Waals surface area contributed by atoms with E-state index in [9.17, 15) is 9.59 Å². The summed E-state index contributed by atoms with van der Waals surface area (Å²) in [5.74, 6) is -1.11. The van der Waals surface area contributed by atoms with Gasteiger partial charge in [-0.2, -0.15) is 5.10 Å². The molecule has 0 radical (unpaired) electrons. The number of rotatable bonds is 6. The largest absolute Gasteiger partial charge is 0.478 e. The molecule has 0 aliphatic carbocycles. The van der Waals surface area contributed by atoms with E-state index < -0.39 is 5.97 Å². The van der Waals surface area contributed by atoms with Crippen LogP contribution in [0.2, 0.25) is 0 Å². The molecule has 138 valence electrons. The third-order valence-corrected chi connectivity index (χ3v) is 4.70. The maximum Gasteiger partial charge on any atom is 0.335 e. The molecule has 1 aliphatic heterocycles. The van der Waals surface area contributed by atoms with Gasteiger partial charge in [-0.1, -0.05) is 12.1 Å². The topological polar surface area (TPSA) is 93.5 Å². The number of carboxylic acids is 1. The molecule has 3 rings (SSSR count). The van der Waals surface area contributed by atoms with Gasteiger partial charge < -0.3 is 15.2 Å². The lowest BCUT2D eigenvalue weighted by molar-refractivity contribution is 0.0656. The van der Waals surface area contributed by atoms with Crippen molar-refractivity contribution in [3.05, 3.63) is 52.8 Å². The van der Waals surface area contributed by atoms with Gasteiger partial charge in [0.25, 0.3) is 5.91 Å². The minimum atomic E-state index is -0.952. The normalized spacial score (nSPS) is 15.0. The Bertz CT molecular complexity index is 794. The van der Waals surface area contributed by atoms with Crippen molar-refractivity contribution in [2.45, 2.75) is 32.2 Å². The quantitative estimate of drug-likeness (QED) is 0.827. The fourth-order valence-corrected chi connectivity index (χ4v) is 3.22. The van der Waals surface area contributed by atoms with Gasteiger partial charge in [0, 0.05) is 25.5 Å². The number of aromatic carboxylic acids is 1. The van der Waals surface area contributed by atoms with Crippen molar-refractivity contribution in [3.63, 3.8) is 0 Å². The minimum absolute atomic E-state index is 0.157. The van der Waals surface area contributed by atoms with Crippen LogP contribution in [0.4, 0.5) is 0 Å². The van der Waals surface area contributed by atoms with Gasteiger partial charge in [0.2, 0.25) is 0 Å². The summed E-state index contributed by atoms with van der Waals surface area (Å²) in [5, 5.41) is 16.3. The molecule has 0 bridgehead atoms. The molecule has 1 amide bonds. The first kappa shape index (κ1) is 18.1. The highest BCUT2D eigenvalue weighted by atomic mass is 16.5. The van der Waals surface area contributed by atoms with Gasteiger partial charge in [-0.25, -0.2) is 4.79 Å². The first-order chi connectivity index (χ1) is 12.6.